The molecule has 0 atom stereocenters. The summed E-state index contributed by atoms with van der Waals surface area (Å²) in [5.41, 5.74) is 1.03. The molecule has 0 radical (unpaired) electrons. The molecule has 1 aromatic rings. The number of nitrogens with zero attached hydrogens (tertiary/aromatic N) is 2. The monoisotopic (exact) mass is 250 g/mol. The Morgan fingerprint density at radius 2 is 2.47 bits per heavy atom. The molecule has 0 aromatic carbocycles. The molecule has 0 aliphatic rings. The maximum atomic E-state index is 11.0. The standard InChI is InChI=1S/C12H11ClN2O2/c1-2-17-11(16)5-3-4-9-6-10(7-14)12(13)15-8-9/h3-4,6,8H,2,5H2,1H3. The van der Waals surface area contributed by atoms with Crippen LogP contribution in [0, 0.1) is 11.3 Å². The van der Waals surface area contributed by atoms with Gasteiger partial charge in [0.1, 0.15) is 11.2 Å². The van der Waals surface area contributed by atoms with E-state index in [0.29, 0.717) is 12.2 Å². The van der Waals surface area contributed by atoms with Crippen molar-refractivity contribution < 1.29 is 9.53 Å². The van der Waals surface area contributed by atoms with E-state index in [9.17, 15) is 4.79 Å². The Labute approximate surface area is 104 Å². The van der Waals surface area contributed by atoms with Crippen LogP contribution in [0.3, 0.4) is 0 Å². The fraction of sp³-hybridized carbons (Fsp3) is 0.250. The summed E-state index contributed by atoms with van der Waals surface area (Å²) in [7, 11) is 0. The van der Waals surface area contributed by atoms with Gasteiger partial charge in [0, 0.05) is 6.20 Å². The van der Waals surface area contributed by atoms with Crippen LogP contribution in [0.1, 0.15) is 24.5 Å². The number of hydrogen-bond acceptors (Lipinski definition) is 4. The van der Waals surface area contributed by atoms with E-state index in [-0.39, 0.29) is 17.5 Å². The zero-order chi connectivity index (χ0) is 12.7. The summed E-state index contributed by atoms with van der Waals surface area (Å²) in [5.74, 6) is -0.286. The number of ether oxygens (including phenoxy) is 1. The Kier molecular flexibility index (Phi) is 5.18. The van der Waals surface area contributed by atoms with Crippen LogP contribution in [0.4, 0.5) is 0 Å². The Morgan fingerprint density at radius 3 is 3.12 bits per heavy atom. The molecule has 0 saturated heterocycles. The molecule has 4 nitrogen and oxygen atoms in total. The topological polar surface area (TPSA) is 63.0 Å². The number of halogens is 1. The normalized spacial score (nSPS) is 10.2. The van der Waals surface area contributed by atoms with Crippen molar-refractivity contribution in [1.82, 2.24) is 4.98 Å². The van der Waals surface area contributed by atoms with Gasteiger partial charge in [-0.1, -0.05) is 23.8 Å². The molecule has 0 N–H and O–H groups in total. The average molecular weight is 251 g/mol. The summed E-state index contributed by atoms with van der Waals surface area (Å²) >= 11 is 5.69. The minimum absolute atomic E-state index is 0.176. The molecule has 1 rings (SSSR count). The number of esters is 1. The lowest BCUT2D eigenvalue weighted by Crippen LogP contribution is -2.01. The highest BCUT2D eigenvalue weighted by molar-refractivity contribution is 6.30. The second-order valence-electron chi connectivity index (χ2n) is 3.13. The van der Waals surface area contributed by atoms with Crippen LogP contribution in [-0.4, -0.2) is 17.6 Å². The fourth-order valence-corrected chi connectivity index (χ4v) is 1.29. The van der Waals surface area contributed by atoms with Gasteiger partial charge in [-0.3, -0.25) is 4.79 Å². The van der Waals surface area contributed by atoms with E-state index in [2.05, 4.69) is 4.98 Å². The predicted molar refractivity (Wildman–Crippen MR) is 64.2 cm³/mol. The third-order valence-electron chi connectivity index (χ3n) is 1.88. The van der Waals surface area contributed by atoms with E-state index in [1.165, 1.54) is 6.20 Å². The molecule has 0 unspecified atom stereocenters. The van der Waals surface area contributed by atoms with Gasteiger partial charge in [-0.2, -0.15) is 5.26 Å². The molecule has 0 spiro atoms. The van der Waals surface area contributed by atoms with Crippen molar-refractivity contribution in [3.05, 3.63) is 34.6 Å². The van der Waals surface area contributed by atoms with Crippen molar-refractivity contribution in [3.63, 3.8) is 0 Å². The fourth-order valence-electron chi connectivity index (χ4n) is 1.14. The van der Waals surface area contributed by atoms with Crippen LogP contribution in [-0.2, 0) is 9.53 Å². The molecule has 1 heterocycles. The van der Waals surface area contributed by atoms with Gasteiger partial charge in [0.15, 0.2) is 0 Å². The second kappa shape index (κ2) is 6.66. The summed E-state index contributed by atoms with van der Waals surface area (Å²) in [6.45, 7) is 2.12. The number of carbonyl (C=O) groups is 1. The first-order valence-corrected chi connectivity index (χ1v) is 5.43. The Morgan fingerprint density at radius 1 is 1.71 bits per heavy atom. The third kappa shape index (κ3) is 4.25. The van der Waals surface area contributed by atoms with Gasteiger partial charge < -0.3 is 4.74 Å². The summed E-state index contributed by atoms with van der Waals surface area (Å²) in [6.07, 6.45) is 5.08. The molecule has 0 aliphatic carbocycles. The number of nitriles is 1. The zero-order valence-electron chi connectivity index (χ0n) is 9.31. The van der Waals surface area contributed by atoms with Crippen molar-refractivity contribution in [1.29, 1.82) is 5.26 Å². The number of hydrogen-bond donors (Lipinski definition) is 0. The van der Waals surface area contributed by atoms with Gasteiger partial charge in [-0.15, -0.1) is 0 Å². The molecule has 0 fully saturated rings. The van der Waals surface area contributed by atoms with E-state index in [4.69, 9.17) is 21.6 Å². The molecule has 5 heteroatoms. The van der Waals surface area contributed by atoms with Gasteiger partial charge in [0.2, 0.25) is 0 Å². The van der Waals surface area contributed by atoms with Crippen molar-refractivity contribution >= 4 is 23.6 Å². The van der Waals surface area contributed by atoms with Crippen LogP contribution < -0.4 is 0 Å². The molecule has 0 saturated carbocycles. The average Bonchev–Trinajstić information content (AvgIpc) is 2.31. The van der Waals surface area contributed by atoms with Crippen LogP contribution >= 0.6 is 11.6 Å². The first-order valence-electron chi connectivity index (χ1n) is 5.05. The molecular weight excluding hydrogens is 240 g/mol. The Bertz CT molecular complexity index is 478. The highest BCUT2D eigenvalue weighted by Gasteiger charge is 2.01. The lowest BCUT2D eigenvalue weighted by molar-refractivity contribution is -0.142. The first kappa shape index (κ1) is 13.2. The maximum absolute atomic E-state index is 11.0. The Hall–Kier alpha value is -1.86. The van der Waals surface area contributed by atoms with Crippen molar-refractivity contribution in [2.75, 3.05) is 6.61 Å². The van der Waals surface area contributed by atoms with Crippen molar-refractivity contribution in [3.8, 4) is 6.07 Å². The van der Waals surface area contributed by atoms with E-state index in [1.807, 2.05) is 6.07 Å². The molecular formula is C12H11ClN2O2. The summed E-state index contributed by atoms with van der Waals surface area (Å²) in [5, 5.41) is 8.93. The van der Waals surface area contributed by atoms with Crippen LogP contribution in [0.15, 0.2) is 18.3 Å². The highest BCUT2D eigenvalue weighted by atomic mass is 35.5. The molecule has 0 bridgehead atoms. The largest absolute Gasteiger partial charge is 0.466 e. The lowest BCUT2D eigenvalue weighted by Gasteiger charge is -1.98. The van der Waals surface area contributed by atoms with Crippen LogP contribution in [0.5, 0.6) is 0 Å². The van der Waals surface area contributed by atoms with E-state index >= 15 is 0 Å². The van der Waals surface area contributed by atoms with Gasteiger partial charge in [-0.25, -0.2) is 4.98 Å². The summed E-state index contributed by atoms with van der Waals surface area (Å²) < 4.78 is 4.76. The lowest BCUT2D eigenvalue weighted by atomic mass is 10.2. The third-order valence-corrected chi connectivity index (χ3v) is 2.18. The summed E-state index contributed by atoms with van der Waals surface area (Å²) in [4.78, 5) is 14.9. The molecule has 88 valence electrons. The quantitative estimate of drug-likeness (QED) is 0.609. The maximum Gasteiger partial charge on any atom is 0.309 e. The first-order chi connectivity index (χ1) is 8.17. The minimum Gasteiger partial charge on any atom is -0.466 e. The van der Waals surface area contributed by atoms with Gasteiger partial charge in [0.25, 0.3) is 0 Å². The number of rotatable bonds is 4. The molecule has 1 aromatic heterocycles. The Balaban J connectivity index is 2.66. The predicted octanol–water partition coefficient (Wildman–Crippen LogP) is 2.57. The molecule has 17 heavy (non-hydrogen) atoms. The SMILES string of the molecule is CCOC(=O)CC=Cc1cnc(Cl)c(C#N)c1. The van der Waals surface area contributed by atoms with Crippen molar-refractivity contribution in [2.24, 2.45) is 0 Å². The summed E-state index contributed by atoms with van der Waals surface area (Å²) in [6, 6.07) is 3.54. The van der Waals surface area contributed by atoms with Gasteiger partial charge in [0.05, 0.1) is 18.6 Å². The van der Waals surface area contributed by atoms with Gasteiger partial charge >= 0.3 is 5.97 Å². The molecule has 0 amide bonds. The molecule has 0 aliphatic heterocycles. The number of aromatic nitrogens is 1. The highest BCUT2D eigenvalue weighted by Crippen LogP contribution is 2.14. The smallest absolute Gasteiger partial charge is 0.309 e. The minimum atomic E-state index is -0.286. The van der Waals surface area contributed by atoms with Crippen LogP contribution in [0.2, 0.25) is 5.15 Å². The van der Waals surface area contributed by atoms with E-state index in [0.717, 1.165) is 5.56 Å². The van der Waals surface area contributed by atoms with E-state index in [1.54, 1.807) is 25.1 Å². The van der Waals surface area contributed by atoms with Gasteiger partial charge in [-0.05, 0) is 18.6 Å². The second-order valence-corrected chi connectivity index (χ2v) is 3.49. The zero-order valence-corrected chi connectivity index (χ0v) is 10.1. The number of carbonyl (C=O) groups excluding carboxylic acids is 1. The van der Waals surface area contributed by atoms with Crippen LogP contribution in [0.25, 0.3) is 6.08 Å². The number of pyridine rings is 1. The van der Waals surface area contributed by atoms with E-state index < -0.39 is 0 Å². The van der Waals surface area contributed by atoms with Crippen molar-refractivity contribution in [2.45, 2.75) is 13.3 Å².